The normalized spacial score (nSPS) is 21.7. The van der Waals surface area contributed by atoms with Crippen LogP contribution >= 0.6 is 0 Å². The first kappa shape index (κ1) is 11.3. The number of hydrogen-bond acceptors (Lipinski definition) is 1. The van der Waals surface area contributed by atoms with Crippen molar-refractivity contribution in [3.63, 3.8) is 0 Å². The van der Waals surface area contributed by atoms with Crippen molar-refractivity contribution < 1.29 is 4.79 Å². The molecule has 0 atom stereocenters. The van der Waals surface area contributed by atoms with Gasteiger partial charge in [0, 0.05) is 20.1 Å². The second kappa shape index (κ2) is 4.20. The van der Waals surface area contributed by atoms with Crippen LogP contribution in [-0.2, 0) is 0 Å². The van der Waals surface area contributed by atoms with Crippen LogP contribution in [0.25, 0.3) is 0 Å². The van der Waals surface area contributed by atoms with Gasteiger partial charge in [-0.3, -0.25) is 0 Å². The van der Waals surface area contributed by atoms with Crippen molar-refractivity contribution >= 4 is 6.03 Å². The van der Waals surface area contributed by atoms with E-state index in [0.29, 0.717) is 11.5 Å². The van der Waals surface area contributed by atoms with Crippen LogP contribution < -0.4 is 5.32 Å². The Morgan fingerprint density at radius 2 is 1.86 bits per heavy atom. The van der Waals surface area contributed by atoms with Gasteiger partial charge in [0.15, 0.2) is 0 Å². The van der Waals surface area contributed by atoms with Gasteiger partial charge in [0.25, 0.3) is 0 Å². The fourth-order valence-corrected chi connectivity index (χ4v) is 2.11. The van der Waals surface area contributed by atoms with Gasteiger partial charge in [0.05, 0.1) is 0 Å². The van der Waals surface area contributed by atoms with Crippen molar-refractivity contribution in [2.45, 2.75) is 45.6 Å². The fraction of sp³-hybridized carbons (Fsp3) is 0.909. The third-order valence-electron chi connectivity index (χ3n) is 3.39. The van der Waals surface area contributed by atoms with Crippen LogP contribution in [0.2, 0.25) is 0 Å². The van der Waals surface area contributed by atoms with E-state index in [-0.39, 0.29) is 6.03 Å². The number of carbonyl (C=O) groups is 1. The van der Waals surface area contributed by atoms with Gasteiger partial charge in [-0.15, -0.1) is 0 Å². The summed E-state index contributed by atoms with van der Waals surface area (Å²) < 4.78 is 0. The van der Waals surface area contributed by atoms with Crippen LogP contribution in [-0.4, -0.2) is 31.1 Å². The summed E-state index contributed by atoms with van der Waals surface area (Å²) in [5.74, 6) is 0. The third-order valence-corrected chi connectivity index (χ3v) is 3.39. The Labute approximate surface area is 86.9 Å². The lowest BCUT2D eigenvalue weighted by atomic mass is 9.75. The Kier molecular flexibility index (Phi) is 3.40. The summed E-state index contributed by atoms with van der Waals surface area (Å²) in [6.07, 6.45) is 4.71. The van der Waals surface area contributed by atoms with E-state index in [1.165, 1.54) is 12.8 Å². The van der Waals surface area contributed by atoms with Gasteiger partial charge in [-0.1, -0.05) is 13.8 Å². The predicted octanol–water partition coefficient (Wildman–Crippen LogP) is 2.23. The highest BCUT2D eigenvalue weighted by molar-refractivity contribution is 5.73. The van der Waals surface area contributed by atoms with Crippen LogP contribution in [0.4, 0.5) is 4.79 Å². The first-order chi connectivity index (χ1) is 6.46. The standard InChI is InChI=1S/C11H22N2O/c1-11(2)7-5-9(6-8-11)13(4)10(14)12-3/h9H,5-8H2,1-4H3,(H,12,14). The number of nitrogens with one attached hydrogen (secondary N) is 1. The topological polar surface area (TPSA) is 32.3 Å². The molecule has 1 fully saturated rings. The second-order valence-electron chi connectivity index (χ2n) is 5.06. The minimum Gasteiger partial charge on any atom is -0.341 e. The molecule has 0 aromatic carbocycles. The third kappa shape index (κ3) is 2.63. The van der Waals surface area contributed by atoms with Crippen molar-refractivity contribution in [2.75, 3.05) is 14.1 Å². The molecule has 3 nitrogen and oxygen atoms in total. The summed E-state index contributed by atoms with van der Waals surface area (Å²) in [6.45, 7) is 4.62. The zero-order valence-corrected chi connectivity index (χ0v) is 9.76. The lowest BCUT2D eigenvalue weighted by Crippen LogP contribution is -2.44. The largest absolute Gasteiger partial charge is 0.341 e. The zero-order chi connectivity index (χ0) is 10.8. The first-order valence-electron chi connectivity index (χ1n) is 5.41. The smallest absolute Gasteiger partial charge is 0.317 e. The van der Waals surface area contributed by atoms with Crippen LogP contribution in [0.1, 0.15) is 39.5 Å². The molecular weight excluding hydrogens is 176 g/mol. The van der Waals surface area contributed by atoms with Crippen molar-refractivity contribution in [1.29, 1.82) is 0 Å². The Bertz CT molecular complexity index is 203. The lowest BCUT2D eigenvalue weighted by Gasteiger charge is -2.38. The zero-order valence-electron chi connectivity index (χ0n) is 9.76. The molecule has 0 bridgehead atoms. The van der Waals surface area contributed by atoms with Crippen LogP contribution in [0.15, 0.2) is 0 Å². The Morgan fingerprint density at radius 3 is 2.29 bits per heavy atom. The van der Waals surface area contributed by atoms with E-state index in [1.54, 1.807) is 7.05 Å². The maximum absolute atomic E-state index is 11.4. The average Bonchev–Trinajstić information content (AvgIpc) is 2.15. The molecule has 1 aliphatic rings. The van der Waals surface area contributed by atoms with E-state index in [1.807, 2.05) is 11.9 Å². The molecule has 0 heterocycles. The van der Waals surface area contributed by atoms with Crippen molar-refractivity contribution in [3.8, 4) is 0 Å². The van der Waals surface area contributed by atoms with Crippen molar-refractivity contribution in [1.82, 2.24) is 10.2 Å². The number of nitrogens with zero attached hydrogens (tertiary/aromatic N) is 1. The van der Waals surface area contributed by atoms with Gasteiger partial charge in [-0.25, -0.2) is 4.79 Å². The summed E-state index contributed by atoms with van der Waals surface area (Å²) in [5.41, 5.74) is 0.472. The van der Waals surface area contributed by atoms with E-state index in [0.717, 1.165) is 12.8 Å². The molecule has 2 amide bonds. The molecule has 0 unspecified atom stereocenters. The summed E-state index contributed by atoms with van der Waals surface area (Å²) in [4.78, 5) is 13.2. The Hall–Kier alpha value is -0.730. The lowest BCUT2D eigenvalue weighted by molar-refractivity contribution is 0.136. The highest BCUT2D eigenvalue weighted by Gasteiger charge is 2.30. The molecule has 1 aliphatic carbocycles. The van der Waals surface area contributed by atoms with E-state index in [9.17, 15) is 4.79 Å². The number of carbonyl (C=O) groups excluding carboxylic acids is 1. The number of rotatable bonds is 1. The molecule has 14 heavy (non-hydrogen) atoms. The second-order valence-corrected chi connectivity index (χ2v) is 5.06. The van der Waals surface area contributed by atoms with Crippen molar-refractivity contribution in [2.24, 2.45) is 5.41 Å². The molecule has 1 saturated carbocycles. The molecule has 0 radical (unpaired) electrons. The molecule has 1 rings (SSSR count). The molecule has 0 aromatic heterocycles. The number of amides is 2. The molecule has 0 aliphatic heterocycles. The SMILES string of the molecule is CNC(=O)N(C)C1CCC(C)(C)CC1. The predicted molar refractivity (Wildman–Crippen MR) is 58.3 cm³/mol. The van der Waals surface area contributed by atoms with Gasteiger partial charge in [0.1, 0.15) is 0 Å². The summed E-state index contributed by atoms with van der Waals surface area (Å²) in [5, 5.41) is 2.67. The van der Waals surface area contributed by atoms with Gasteiger partial charge in [0.2, 0.25) is 0 Å². The van der Waals surface area contributed by atoms with Gasteiger partial charge < -0.3 is 10.2 Å². The molecule has 0 spiro atoms. The van der Waals surface area contributed by atoms with Gasteiger partial charge in [-0.05, 0) is 31.1 Å². The van der Waals surface area contributed by atoms with Crippen LogP contribution in [0.3, 0.4) is 0 Å². The molecule has 82 valence electrons. The average molecular weight is 198 g/mol. The molecule has 3 heteroatoms. The first-order valence-corrected chi connectivity index (χ1v) is 5.41. The monoisotopic (exact) mass is 198 g/mol. The fourth-order valence-electron chi connectivity index (χ4n) is 2.11. The van der Waals surface area contributed by atoms with E-state index in [2.05, 4.69) is 19.2 Å². The molecule has 1 N–H and O–H groups in total. The minimum absolute atomic E-state index is 0.0368. The van der Waals surface area contributed by atoms with Crippen molar-refractivity contribution in [3.05, 3.63) is 0 Å². The van der Waals surface area contributed by atoms with Crippen LogP contribution in [0, 0.1) is 5.41 Å². The molecule has 0 aromatic rings. The quantitative estimate of drug-likeness (QED) is 0.688. The molecular formula is C11H22N2O. The van der Waals surface area contributed by atoms with Crippen LogP contribution in [0.5, 0.6) is 0 Å². The highest BCUT2D eigenvalue weighted by Crippen LogP contribution is 2.36. The summed E-state index contributed by atoms with van der Waals surface area (Å²) in [7, 11) is 3.58. The number of hydrogen-bond donors (Lipinski definition) is 1. The summed E-state index contributed by atoms with van der Waals surface area (Å²) >= 11 is 0. The highest BCUT2D eigenvalue weighted by atomic mass is 16.2. The van der Waals surface area contributed by atoms with E-state index < -0.39 is 0 Å². The van der Waals surface area contributed by atoms with Gasteiger partial charge in [-0.2, -0.15) is 0 Å². The Morgan fingerprint density at radius 1 is 1.36 bits per heavy atom. The minimum atomic E-state index is 0.0368. The maximum atomic E-state index is 11.4. The Balaban J connectivity index is 2.45. The van der Waals surface area contributed by atoms with E-state index in [4.69, 9.17) is 0 Å². The number of urea groups is 1. The van der Waals surface area contributed by atoms with Gasteiger partial charge >= 0.3 is 6.03 Å². The van der Waals surface area contributed by atoms with E-state index >= 15 is 0 Å². The molecule has 0 saturated heterocycles. The maximum Gasteiger partial charge on any atom is 0.317 e. The summed E-state index contributed by atoms with van der Waals surface area (Å²) in [6, 6.07) is 0.470.